The summed E-state index contributed by atoms with van der Waals surface area (Å²) >= 11 is 0. The van der Waals surface area contributed by atoms with Gasteiger partial charge in [-0.3, -0.25) is 24.1 Å². The molecule has 37 heavy (non-hydrogen) atoms. The molecule has 0 bridgehead atoms. The number of nitrogens with zero attached hydrogens (tertiary/aromatic N) is 2. The summed E-state index contributed by atoms with van der Waals surface area (Å²) in [5, 5.41) is 29.5. The molecule has 3 aliphatic rings. The van der Waals surface area contributed by atoms with E-state index in [-0.39, 0.29) is 25.7 Å². The van der Waals surface area contributed by atoms with Crippen molar-refractivity contribution in [2.45, 2.75) is 51.4 Å². The van der Waals surface area contributed by atoms with E-state index >= 15 is 0 Å². The van der Waals surface area contributed by atoms with Gasteiger partial charge in [0, 0.05) is 6.54 Å². The second-order valence-electron chi connectivity index (χ2n) is 10.0. The largest absolute Gasteiger partial charge is 0.481 e. The van der Waals surface area contributed by atoms with Crippen molar-refractivity contribution < 1.29 is 34.5 Å². The molecular formula is C28H30N2O7. The number of rotatable bonds is 6. The lowest BCUT2D eigenvalue weighted by Gasteiger charge is -2.42. The zero-order valence-corrected chi connectivity index (χ0v) is 20.4. The molecule has 0 spiro atoms. The molecule has 9 nitrogen and oxygen atoms in total. The van der Waals surface area contributed by atoms with Crippen LogP contribution in [-0.2, 0) is 29.2 Å². The fourth-order valence-corrected chi connectivity index (χ4v) is 6.12. The third-order valence-corrected chi connectivity index (χ3v) is 8.08. The molecule has 3 amide bonds. The van der Waals surface area contributed by atoms with Crippen LogP contribution in [0.5, 0.6) is 0 Å². The van der Waals surface area contributed by atoms with Gasteiger partial charge in [0.1, 0.15) is 0 Å². The Morgan fingerprint density at radius 2 is 1.49 bits per heavy atom. The number of imide groups is 1. The molecule has 1 aliphatic carbocycles. The van der Waals surface area contributed by atoms with Gasteiger partial charge in [0.15, 0.2) is 0 Å². The van der Waals surface area contributed by atoms with Crippen molar-refractivity contribution in [2.75, 3.05) is 13.1 Å². The summed E-state index contributed by atoms with van der Waals surface area (Å²) in [6, 6.07) is 9.43. The number of hydrogen-bond acceptors (Lipinski definition) is 6. The molecule has 5 rings (SSSR count). The van der Waals surface area contributed by atoms with Gasteiger partial charge in [0.2, 0.25) is 5.91 Å². The molecule has 1 unspecified atom stereocenters. The Labute approximate surface area is 214 Å². The van der Waals surface area contributed by atoms with Gasteiger partial charge in [0.25, 0.3) is 11.8 Å². The fourth-order valence-electron chi connectivity index (χ4n) is 6.12. The summed E-state index contributed by atoms with van der Waals surface area (Å²) in [7, 11) is 0. The van der Waals surface area contributed by atoms with Crippen LogP contribution in [0, 0.1) is 11.8 Å². The summed E-state index contributed by atoms with van der Waals surface area (Å²) in [5.41, 5.74) is 3.27. The highest BCUT2D eigenvalue weighted by atomic mass is 16.4. The SMILES string of the molecule is O=C(O)[C@@H]1CCCCC1C(=O)N1CCc2cc(CO)c(CO)cc2[C@H]1CN1C(=O)c2ccccc2C1=O. The van der Waals surface area contributed by atoms with Gasteiger partial charge in [-0.15, -0.1) is 0 Å². The van der Waals surface area contributed by atoms with Crippen LogP contribution >= 0.6 is 0 Å². The van der Waals surface area contributed by atoms with Crippen molar-refractivity contribution in [3.8, 4) is 0 Å². The molecule has 0 saturated heterocycles. The number of benzene rings is 2. The maximum Gasteiger partial charge on any atom is 0.307 e. The third kappa shape index (κ3) is 4.32. The molecule has 0 radical (unpaired) electrons. The van der Waals surface area contributed by atoms with Crippen LogP contribution in [-0.4, -0.2) is 61.9 Å². The maximum atomic E-state index is 13.9. The van der Waals surface area contributed by atoms with Gasteiger partial charge in [0.05, 0.1) is 48.8 Å². The monoisotopic (exact) mass is 506 g/mol. The molecule has 2 heterocycles. The normalized spacial score (nSPS) is 23.1. The number of carboxylic acids is 1. The molecule has 1 saturated carbocycles. The lowest BCUT2D eigenvalue weighted by molar-refractivity contribution is -0.153. The minimum absolute atomic E-state index is 0.0844. The van der Waals surface area contributed by atoms with Crippen LogP contribution in [0.25, 0.3) is 0 Å². The van der Waals surface area contributed by atoms with E-state index in [4.69, 9.17) is 0 Å². The molecule has 3 N–H and O–H groups in total. The minimum Gasteiger partial charge on any atom is -0.481 e. The van der Waals surface area contributed by atoms with E-state index < -0.39 is 35.7 Å². The maximum absolute atomic E-state index is 13.9. The highest BCUT2D eigenvalue weighted by Crippen LogP contribution is 2.39. The zero-order chi connectivity index (χ0) is 26.3. The van der Waals surface area contributed by atoms with Crippen LogP contribution < -0.4 is 0 Å². The van der Waals surface area contributed by atoms with Crippen LogP contribution in [0.3, 0.4) is 0 Å². The summed E-state index contributed by atoms with van der Waals surface area (Å²) in [4.78, 5) is 55.0. The van der Waals surface area contributed by atoms with E-state index in [9.17, 15) is 34.5 Å². The number of aliphatic hydroxyl groups excluding tert-OH is 2. The molecular weight excluding hydrogens is 476 g/mol. The van der Waals surface area contributed by atoms with Crippen molar-refractivity contribution in [1.82, 2.24) is 9.80 Å². The number of carbonyl (C=O) groups is 4. The smallest absolute Gasteiger partial charge is 0.307 e. The summed E-state index contributed by atoms with van der Waals surface area (Å²) in [6.07, 6.45) is 2.91. The Bertz CT molecular complexity index is 1240. The highest BCUT2D eigenvalue weighted by molar-refractivity contribution is 6.21. The lowest BCUT2D eigenvalue weighted by atomic mass is 9.77. The van der Waals surface area contributed by atoms with Crippen LogP contribution in [0.2, 0.25) is 0 Å². The number of carboxylic acid groups (broad SMARTS) is 1. The Morgan fingerprint density at radius 3 is 2.08 bits per heavy atom. The van der Waals surface area contributed by atoms with Crippen molar-refractivity contribution in [1.29, 1.82) is 0 Å². The van der Waals surface area contributed by atoms with Gasteiger partial charge in [-0.25, -0.2) is 0 Å². The molecule has 3 atom stereocenters. The predicted molar refractivity (Wildman–Crippen MR) is 131 cm³/mol. The van der Waals surface area contributed by atoms with E-state index in [0.29, 0.717) is 53.6 Å². The standard InChI is InChI=1S/C28H30N2O7/c31-14-17-11-16-9-10-29(25(33)21-7-3-4-8-22(21)28(36)37)24(23(16)12-18(17)15-32)13-30-26(34)19-5-1-2-6-20(19)27(30)35/h1-2,5-6,11-12,21-22,24,31-32H,3-4,7-10,13-15H2,(H,36,37)/t21?,22-,24-/m1/s1. The predicted octanol–water partition coefficient (Wildman–Crippen LogP) is 2.28. The average Bonchev–Trinajstić information content (AvgIpc) is 3.16. The Kier molecular flexibility index (Phi) is 6.83. The minimum atomic E-state index is -0.984. The second kappa shape index (κ2) is 10.1. The molecule has 2 aromatic carbocycles. The van der Waals surface area contributed by atoms with Crippen LogP contribution in [0.15, 0.2) is 36.4 Å². The summed E-state index contributed by atoms with van der Waals surface area (Å²) in [5.74, 6) is -3.58. The first-order valence-corrected chi connectivity index (χ1v) is 12.7. The van der Waals surface area contributed by atoms with Gasteiger partial charge in [-0.2, -0.15) is 0 Å². The van der Waals surface area contributed by atoms with Gasteiger partial charge >= 0.3 is 5.97 Å². The first-order valence-electron chi connectivity index (χ1n) is 12.7. The molecule has 2 aliphatic heterocycles. The third-order valence-electron chi connectivity index (χ3n) is 8.08. The van der Waals surface area contributed by atoms with Gasteiger partial charge < -0.3 is 20.2 Å². The second-order valence-corrected chi connectivity index (χ2v) is 10.0. The van der Waals surface area contributed by atoms with Gasteiger partial charge in [-0.1, -0.05) is 37.1 Å². The van der Waals surface area contributed by atoms with E-state index in [1.54, 1.807) is 41.3 Å². The first kappa shape index (κ1) is 25.1. The average molecular weight is 507 g/mol. The van der Waals surface area contributed by atoms with Crippen molar-refractivity contribution in [2.24, 2.45) is 11.8 Å². The van der Waals surface area contributed by atoms with Crippen molar-refractivity contribution in [3.05, 3.63) is 69.8 Å². The van der Waals surface area contributed by atoms with Crippen LogP contribution in [0.1, 0.15) is 74.7 Å². The van der Waals surface area contributed by atoms with Crippen molar-refractivity contribution in [3.63, 3.8) is 0 Å². The van der Waals surface area contributed by atoms with E-state index in [0.717, 1.165) is 23.3 Å². The highest BCUT2D eigenvalue weighted by Gasteiger charge is 2.44. The topological polar surface area (TPSA) is 135 Å². The number of fused-ring (bicyclic) bond motifs is 2. The number of aliphatic hydroxyl groups is 2. The quantitative estimate of drug-likeness (QED) is 0.512. The molecule has 2 aromatic rings. The summed E-state index contributed by atoms with van der Waals surface area (Å²) in [6.45, 7) is -0.359. The van der Waals surface area contributed by atoms with Crippen LogP contribution in [0.4, 0.5) is 0 Å². The zero-order valence-electron chi connectivity index (χ0n) is 20.4. The fraction of sp³-hybridized carbons (Fsp3) is 0.429. The Balaban J connectivity index is 1.55. The Morgan fingerprint density at radius 1 is 0.892 bits per heavy atom. The molecule has 0 aromatic heterocycles. The number of amides is 3. The summed E-state index contributed by atoms with van der Waals surface area (Å²) < 4.78 is 0. The van der Waals surface area contributed by atoms with Gasteiger partial charge in [-0.05, 0) is 53.6 Å². The number of carbonyl (C=O) groups excluding carboxylic acids is 3. The Hall–Kier alpha value is -3.56. The first-order chi connectivity index (χ1) is 17.8. The van der Waals surface area contributed by atoms with E-state index in [2.05, 4.69) is 0 Å². The molecule has 194 valence electrons. The molecule has 1 fully saturated rings. The molecule has 9 heteroatoms. The van der Waals surface area contributed by atoms with E-state index in [1.807, 2.05) is 0 Å². The van der Waals surface area contributed by atoms with Crippen molar-refractivity contribution >= 4 is 23.7 Å². The lowest BCUT2D eigenvalue weighted by Crippen LogP contribution is -2.50. The number of aliphatic carboxylic acids is 1. The van der Waals surface area contributed by atoms with E-state index in [1.165, 1.54) is 0 Å². The number of hydrogen-bond donors (Lipinski definition) is 3.